The van der Waals surface area contributed by atoms with Crippen molar-refractivity contribution in [3.63, 3.8) is 0 Å². The summed E-state index contributed by atoms with van der Waals surface area (Å²) in [5, 5.41) is 15.4. The molecule has 0 heterocycles. The number of anilines is 2. The molecule has 0 fully saturated rings. The lowest BCUT2D eigenvalue weighted by atomic mass is 10.1. The molecule has 21 heavy (non-hydrogen) atoms. The summed E-state index contributed by atoms with van der Waals surface area (Å²) in [6, 6.07) is 12.1. The summed E-state index contributed by atoms with van der Waals surface area (Å²) < 4.78 is 0. The SMILES string of the molecule is Cc1ccc(Cl)c(NC(=O)Nc2cccc(C(C)O)c2)c1. The zero-order valence-corrected chi connectivity index (χ0v) is 12.6. The zero-order chi connectivity index (χ0) is 15.4. The van der Waals surface area contributed by atoms with Gasteiger partial charge >= 0.3 is 6.03 Å². The molecule has 0 radical (unpaired) electrons. The Balaban J connectivity index is 2.08. The molecule has 2 aromatic rings. The van der Waals surface area contributed by atoms with E-state index in [0.717, 1.165) is 11.1 Å². The molecule has 0 bridgehead atoms. The number of carbonyl (C=O) groups excluding carboxylic acids is 1. The van der Waals surface area contributed by atoms with Gasteiger partial charge < -0.3 is 15.7 Å². The molecule has 2 aromatic carbocycles. The minimum atomic E-state index is -0.582. The molecule has 3 N–H and O–H groups in total. The Kier molecular flexibility index (Phi) is 4.83. The summed E-state index contributed by atoms with van der Waals surface area (Å²) in [6.45, 7) is 3.59. The molecule has 0 aromatic heterocycles. The second-order valence-electron chi connectivity index (χ2n) is 4.86. The van der Waals surface area contributed by atoms with E-state index < -0.39 is 6.10 Å². The highest BCUT2D eigenvalue weighted by Gasteiger charge is 2.07. The van der Waals surface area contributed by atoms with E-state index >= 15 is 0 Å². The number of amides is 2. The molecule has 1 atom stereocenters. The first-order valence-corrected chi connectivity index (χ1v) is 6.95. The Morgan fingerprint density at radius 2 is 1.95 bits per heavy atom. The van der Waals surface area contributed by atoms with E-state index in [9.17, 15) is 9.90 Å². The molecule has 0 saturated carbocycles. The van der Waals surface area contributed by atoms with Gasteiger partial charge in [0.2, 0.25) is 0 Å². The van der Waals surface area contributed by atoms with Gasteiger partial charge in [0, 0.05) is 5.69 Å². The molecule has 1 unspecified atom stereocenters. The lowest BCUT2D eigenvalue weighted by molar-refractivity contribution is 0.199. The van der Waals surface area contributed by atoms with E-state index in [4.69, 9.17) is 11.6 Å². The van der Waals surface area contributed by atoms with Gasteiger partial charge in [-0.1, -0.05) is 29.8 Å². The summed E-state index contributed by atoms with van der Waals surface area (Å²) >= 11 is 6.03. The van der Waals surface area contributed by atoms with Crippen LogP contribution in [0.4, 0.5) is 16.2 Å². The molecule has 5 heteroatoms. The smallest absolute Gasteiger partial charge is 0.323 e. The Morgan fingerprint density at radius 3 is 2.67 bits per heavy atom. The van der Waals surface area contributed by atoms with Crippen molar-refractivity contribution in [2.45, 2.75) is 20.0 Å². The number of aliphatic hydroxyl groups excluding tert-OH is 1. The van der Waals surface area contributed by atoms with Crippen molar-refractivity contribution in [3.8, 4) is 0 Å². The second kappa shape index (κ2) is 6.61. The first-order chi connectivity index (χ1) is 9.95. The highest BCUT2D eigenvalue weighted by molar-refractivity contribution is 6.33. The van der Waals surface area contributed by atoms with Crippen molar-refractivity contribution in [3.05, 3.63) is 58.6 Å². The van der Waals surface area contributed by atoms with Crippen LogP contribution in [0.5, 0.6) is 0 Å². The van der Waals surface area contributed by atoms with Crippen LogP contribution >= 0.6 is 11.6 Å². The minimum Gasteiger partial charge on any atom is -0.389 e. The average molecular weight is 305 g/mol. The molecule has 0 aliphatic carbocycles. The van der Waals surface area contributed by atoms with Crippen LogP contribution in [-0.4, -0.2) is 11.1 Å². The van der Waals surface area contributed by atoms with Gasteiger partial charge in [0.25, 0.3) is 0 Å². The number of rotatable bonds is 3. The Hall–Kier alpha value is -2.04. The Labute approximate surface area is 128 Å². The van der Waals surface area contributed by atoms with Gasteiger partial charge in [-0.15, -0.1) is 0 Å². The van der Waals surface area contributed by atoms with Crippen molar-refractivity contribution in [2.24, 2.45) is 0 Å². The quantitative estimate of drug-likeness (QED) is 0.789. The molecule has 2 amide bonds. The number of aliphatic hydroxyl groups is 1. The van der Waals surface area contributed by atoms with E-state index in [1.807, 2.05) is 13.0 Å². The van der Waals surface area contributed by atoms with Crippen LogP contribution in [0.2, 0.25) is 5.02 Å². The van der Waals surface area contributed by atoms with E-state index in [2.05, 4.69) is 10.6 Å². The largest absolute Gasteiger partial charge is 0.389 e. The molecule has 4 nitrogen and oxygen atoms in total. The third-order valence-electron chi connectivity index (χ3n) is 3.00. The van der Waals surface area contributed by atoms with Crippen molar-refractivity contribution in [1.29, 1.82) is 0 Å². The summed E-state index contributed by atoms with van der Waals surface area (Å²) in [5.41, 5.74) is 2.91. The summed E-state index contributed by atoms with van der Waals surface area (Å²) in [5.74, 6) is 0. The highest BCUT2D eigenvalue weighted by Crippen LogP contribution is 2.23. The van der Waals surface area contributed by atoms with Crippen LogP contribution in [0.1, 0.15) is 24.2 Å². The second-order valence-corrected chi connectivity index (χ2v) is 5.27. The molecule has 0 aliphatic rings. The van der Waals surface area contributed by atoms with Crippen LogP contribution in [0.15, 0.2) is 42.5 Å². The summed E-state index contributed by atoms with van der Waals surface area (Å²) in [7, 11) is 0. The van der Waals surface area contributed by atoms with Crippen LogP contribution < -0.4 is 10.6 Å². The van der Waals surface area contributed by atoms with E-state index in [1.54, 1.807) is 43.3 Å². The first kappa shape index (κ1) is 15.4. The van der Waals surface area contributed by atoms with Crippen molar-refractivity contribution in [2.75, 3.05) is 10.6 Å². The Bertz CT molecular complexity index is 656. The third kappa shape index (κ3) is 4.21. The van der Waals surface area contributed by atoms with Crippen molar-refractivity contribution in [1.82, 2.24) is 0 Å². The highest BCUT2D eigenvalue weighted by atomic mass is 35.5. The fourth-order valence-corrected chi connectivity index (χ4v) is 2.06. The molecule has 2 rings (SSSR count). The monoisotopic (exact) mass is 304 g/mol. The number of nitrogens with one attached hydrogen (secondary N) is 2. The molecule has 110 valence electrons. The van der Waals surface area contributed by atoms with Crippen LogP contribution in [0.3, 0.4) is 0 Å². The number of hydrogen-bond donors (Lipinski definition) is 3. The fourth-order valence-electron chi connectivity index (χ4n) is 1.90. The molecular weight excluding hydrogens is 288 g/mol. The summed E-state index contributed by atoms with van der Waals surface area (Å²) in [4.78, 5) is 12.0. The van der Waals surface area contributed by atoms with Gasteiger partial charge in [-0.25, -0.2) is 4.79 Å². The number of aryl methyl sites for hydroxylation is 1. The molecule has 0 spiro atoms. The van der Waals surface area contributed by atoms with Gasteiger partial charge in [0.05, 0.1) is 16.8 Å². The standard InChI is InChI=1S/C16H17ClN2O2/c1-10-6-7-14(17)15(8-10)19-16(21)18-13-5-3-4-12(9-13)11(2)20/h3-9,11,20H,1-2H3,(H2,18,19,21). The Morgan fingerprint density at radius 1 is 1.19 bits per heavy atom. The average Bonchev–Trinajstić information content (AvgIpc) is 2.43. The lowest BCUT2D eigenvalue weighted by Crippen LogP contribution is -2.19. The predicted molar refractivity (Wildman–Crippen MR) is 85.9 cm³/mol. The number of carbonyl (C=O) groups is 1. The predicted octanol–water partition coefficient (Wildman–Crippen LogP) is 4.35. The summed E-state index contributed by atoms with van der Waals surface area (Å²) in [6.07, 6.45) is -0.582. The van der Waals surface area contributed by atoms with Gasteiger partial charge in [-0.2, -0.15) is 0 Å². The minimum absolute atomic E-state index is 0.384. The van der Waals surface area contributed by atoms with E-state index in [1.165, 1.54) is 0 Å². The fraction of sp³-hybridized carbons (Fsp3) is 0.188. The maximum Gasteiger partial charge on any atom is 0.323 e. The molecule has 0 aliphatic heterocycles. The van der Waals surface area contributed by atoms with Crippen molar-refractivity contribution < 1.29 is 9.90 Å². The first-order valence-electron chi connectivity index (χ1n) is 6.58. The third-order valence-corrected chi connectivity index (χ3v) is 3.33. The van der Waals surface area contributed by atoms with Gasteiger partial charge in [-0.3, -0.25) is 0 Å². The zero-order valence-electron chi connectivity index (χ0n) is 11.9. The van der Waals surface area contributed by atoms with E-state index in [-0.39, 0.29) is 6.03 Å². The van der Waals surface area contributed by atoms with Gasteiger partial charge in [0.1, 0.15) is 0 Å². The molecule has 0 saturated heterocycles. The number of benzene rings is 2. The van der Waals surface area contributed by atoms with Crippen LogP contribution in [0.25, 0.3) is 0 Å². The number of halogens is 1. The normalized spacial score (nSPS) is 11.8. The van der Waals surface area contributed by atoms with Crippen LogP contribution in [-0.2, 0) is 0 Å². The van der Waals surface area contributed by atoms with Crippen LogP contribution in [0, 0.1) is 6.92 Å². The topological polar surface area (TPSA) is 61.4 Å². The molecular formula is C16H17ClN2O2. The van der Waals surface area contributed by atoms with E-state index in [0.29, 0.717) is 16.4 Å². The lowest BCUT2D eigenvalue weighted by Gasteiger charge is -2.11. The van der Waals surface area contributed by atoms with Gasteiger partial charge in [-0.05, 0) is 49.2 Å². The maximum absolute atomic E-state index is 12.0. The maximum atomic E-state index is 12.0. The number of urea groups is 1. The van der Waals surface area contributed by atoms with Gasteiger partial charge in [0.15, 0.2) is 0 Å². The van der Waals surface area contributed by atoms with Crippen molar-refractivity contribution >= 4 is 29.0 Å². The number of hydrogen-bond acceptors (Lipinski definition) is 2.